The first-order chi connectivity index (χ1) is 14.5. The average molecular weight is 426 g/mol. The fraction of sp³-hybridized carbons (Fsp3) is 0.409. The summed E-state index contributed by atoms with van der Waals surface area (Å²) in [6, 6.07) is 9.84. The molecule has 7 nitrogen and oxygen atoms in total. The van der Waals surface area contributed by atoms with E-state index >= 15 is 0 Å². The van der Waals surface area contributed by atoms with E-state index in [0.29, 0.717) is 12.4 Å². The van der Waals surface area contributed by atoms with Crippen LogP contribution in [-0.2, 0) is 16.1 Å². The van der Waals surface area contributed by atoms with Gasteiger partial charge in [-0.1, -0.05) is 30.3 Å². The maximum Gasteiger partial charge on any atom is 0.244 e. The van der Waals surface area contributed by atoms with Crippen molar-refractivity contribution in [1.82, 2.24) is 19.8 Å². The van der Waals surface area contributed by atoms with Gasteiger partial charge < -0.3 is 15.0 Å². The Hall–Kier alpha value is -2.55. The van der Waals surface area contributed by atoms with Gasteiger partial charge in [-0.05, 0) is 12.5 Å². The maximum atomic E-state index is 12.5. The lowest BCUT2D eigenvalue weighted by Crippen LogP contribution is -2.37. The minimum atomic E-state index is -0.391. The van der Waals surface area contributed by atoms with Gasteiger partial charge in [-0.25, -0.2) is 9.97 Å². The number of carbonyl (C=O) groups excluding carboxylic acids is 1. The average Bonchev–Trinajstić information content (AvgIpc) is 3.18. The molecule has 158 valence electrons. The van der Waals surface area contributed by atoms with E-state index < -0.39 is 6.04 Å². The van der Waals surface area contributed by atoms with Crippen molar-refractivity contribution in [3.05, 3.63) is 41.5 Å². The number of hydrogen-bond donors (Lipinski definition) is 1. The number of nitrogens with one attached hydrogen (secondary N) is 1. The van der Waals surface area contributed by atoms with Crippen LogP contribution in [0.15, 0.2) is 35.7 Å². The SMILES string of the molecule is C[C@H](Nc1nc(CN2CCOCC2)nc2scc(-c3ccccc3)c12)C(=O)N(C)C. The summed E-state index contributed by atoms with van der Waals surface area (Å²) in [6.07, 6.45) is 0. The van der Waals surface area contributed by atoms with Crippen molar-refractivity contribution in [2.24, 2.45) is 0 Å². The highest BCUT2D eigenvalue weighted by molar-refractivity contribution is 7.17. The number of nitrogens with zero attached hydrogens (tertiary/aromatic N) is 4. The molecule has 30 heavy (non-hydrogen) atoms. The van der Waals surface area contributed by atoms with Gasteiger partial charge in [-0.3, -0.25) is 9.69 Å². The molecule has 8 heteroatoms. The lowest BCUT2D eigenvalue weighted by Gasteiger charge is -2.26. The molecule has 1 aliphatic heterocycles. The zero-order valence-electron chi connectivity index (χ0n) is 17.6. The minimum Gasteiger partial charge on any atom is -0.379 e. The smallest absolute Gasteiger partial charge is 0.244 e. The number of hydrogen-bond acceptors (Lipinski definition) is 7. The number of likely N-dealkylation sites (N-methyl/N-ethyl adjacent to an activating group) is 1. The zero-order chi connectivity index (χ0) is 21.1. The third kappa shape index (κ3) is 4.45. The molecule has 3 aromatic rings. The van der Waals surface area contributed by atoms with Crippen molar-refractivity contribution < 1.29 is 9.53 Å². The molecule has 0 saturated carbocycles. The highest BCUT2D eigenvalue weighted by Gasteiger charge is 2.21. The van der Waals surface area contributed by atoms with E-state index in [0.717, 1.165) is 53.5 Å². The van der Waals surface area contributed by atoms with E-state index in [1.807, 2.05) is 25.1 Å². The van der Waals surface area contributed by atoms with Gasteiger partial charge >= 0.3 is 0 Å². The lowest BCUT2D eigenvalue weighted by molar-refractivity contribution is -0.129. The van der Waals surface area contributed by atoms with Gasteiger partial charge in [0.05, 0.1) is 25.1 Å². The molecule has 1 saturated heterocycles. The number of aromatic nitrogens is 2. The first-order valence-electron chi connectivity index (χ1n) is 10.1. The van der Waals surface area contributed by atoms with Crippen LogP contribution in [0.1, 0.15) is 12.7 Å². The van der Waals surface area contributed by atoms with Crippen molar-refractivity contribution in [2.75, 3.05) is 45.7 Å². The topological polar surface area (TPSA) is 70.6 Å². The molecule has 1 amide bonds. The van der Waals surface area contributed by atoms with E-state index in [1.54, 1.807) is 30.3 Å². The summed E-state index contributed by atoms with van der Waals surface area (Å²) in [5, 5.41) is 6.45. The molecule has 1 aromatic carbocycles. The Labute approximate surface area is 180 Å². The van der Waals surface area contributed by atoms with E-state index in [1.165, 1.54) is 0 Å². The van der Waals surface area contributed by atoms with Gasteiger partial charge in [0.15, 0.2) is 0 Å². The van der Waals surface area contributed by atoms with E-state index in [4.69, 9.17) is 14.7 Å². The van der Waals surface area contributed by atoms with Gasteiger partial charge in [0, 0.05) is 38.1 Å². The number of morpholine rings is 1. The lowest BCUT2D eigenvalue weighted by atomic mass is 10.1. The first-order valence-corrected chi connectivity index (χ1v) is 11.0. The summed E-state index contributed by atoms with van der Waals surface area (Å²) < 4.78 is 5.45. The standard InChI is InChI=1S/C22H27N5O2S/c1-15(22(28)26(2)3)23-20-19-17(16-7-5-4-6-8-16)14-30-21(19)25-18(24-20)13-27-9-11-29-12-10-27/h4-8,14-15H,9-13H2,1-3H3,(H,23,24,25)/t15-/m0/s1. The van der Waals surface area contributed by atoms with Crippen LogP contribution in [0.5, 0.6) is 0 Å². The number of amides is 1. The summed E-state index contributed by atoms with van der Waals surface area (Å²) in [5.41, 5.74) is 2.20. The summed E-state index contributed by atoms with van der Waals surface area (Å²) in [7, 11) is 3.53. The molecule has 0 aliphatic carbocycles. The van der Waals surface area contributed by atoms with Crippen molar-refractivity contribution >= 4 is 33.3 Å². The molecule has 1 aliphatic rings. The molecule has 0 unspecified atom stereocenters. The molecule has 1 fully saturated rings. The Morgan fingerprint density at radius 3 is 2.67 bits per heavy atom. The molecule has 1 atom stereocenters. The van der Waals surface area contributed by atoms with Gasteiger partial charge in [-0.15, -0.1) is 11.3 Å². The molecule has 2 aromatic heterocycles. The Balaban J connectivity index is 1.74. The first kappa shape index (κ1) is 20.7. The monoisotopic (exact) mass is 425 g/mol. The fourth-order valence-corrected chi connectivity index (χ4v) is 4.57. The number of benzene rings is 1. The van der Waals surface area contributed by atoms with Gasteiger partial charge in [0.1, 0.15) is 22.5 Å². The third-order valence-electron chi connectivity index (χ3n) is 5.20. The molecule has 1 N–H and O–H groups in total. The largest absolute Gasteiger partial charge is 0.379 e. The maximum absolute atomic E-state index is 12.5. The number of anilines is 1. The van der Waals surface area contributed by atoms with Crippen LogP contribution in [0.25, 0.3) is 21.3 Å². The number of ether oxygens (including phenoxy) is 1. The van der Waals surface area contributed by atoms with E-state index in [9.17, 15) is 4.79 Å². The zero-order valence-corrected chi connectivity index (χ0v) is 18.4. The van der Waals surface area contributed by atoms with Gasteiger partial charge in [-0.2, -0.15) is 0 Å². The second-order valence-corrected chi connectivity index (χ2v) is 8.53. The third-order valence-corrected chi connectivity index (χ3v) is 6.07. The predicted molar refractivity (Wildman–Crippen MR) is 121 cm³/mol. The van der Waals surface area contributed by atoms with Crippen LogP contribution < -0.4 is 5.32 Å². The van der Waals surface area contributed by atoms with Crippen LogP contribution in [0.4, 0.5) is 5.82 Å². The second-order valence-electron chi connectivity index (χ2n) is 7.67. The van der Waals surface area contributed by atoms with Gasteiger partial charge in [0.25, 0.3) is 0 Å². The van der Waals surface area contributed by atoms with E-state index in [-0.39, 0.29) is 5.91 Å². The Morgan fingerprint density at radius 2 is 1.97 bits per heavy atom. The molecule has 0 bridgehead atoms. The summed E-state index contributed by atoms with van der Waals surface area (Å²) in [5.74, 6) is 1.48. The van der Waals surface area contributed by atoms with Crippen molar-refractivity contribution in [3.8, 4) is 11.1 Å². The molecular formula is C22H27N5O2S. The fourth-order valence-electron chi connectivity index (χ4n) is 3.60. The molecule has 4 rings (SSSR count). The molecule has 0 radical (unpaired) electrons. The quantitative estimate of drug-likeness (QED) is 0.655. The summed E-state index contributed by atoms with van der Waals surface area (Å²) >= 11 is 1.61. The van der Waals surface area contributed by atoms with Gasteiger partial charge in [0.2, 0.25) is 5.91 Å². The van der Waals surface area contributed by atoms with Crippen LogP contribution in [0, 0.1) is 0 Å². The summed E-state index contributed by atoms with van der Waals surface area (Å²) in [6.45, 7) is 5.76. The minimum absolute atomic E-state index is 0.00739. The Kier molecular flexibility index (Phi) is 6.26. The number of carbonyl (C=O) groups is 1. The van der Waals surface area contributed by atoms with E-state index in [2.05, 4.69) is 27.7 Å². The van der Waals surface area contributed by atoms with Crippen LogP contribution in [0.3, 0.4) is 0 Å². The Bertz CT molecular complexity index is 1020. The second kappa shape index (κ2) is 9.07. The summed E-state index contributed by atoms with van der Waals surface area (Å²) in [4.78, 5) is 27.0. The van der Waals surface area contributed by atoms with Crippen molar-refractivity contribution in [1.29, 1.82) is 0 Å². The van der Waals surface area contributed by atoms with Crippen molar-refractivity contribution in [2.45, 2.75) is 19.5 Å². The molecule has 3 heterocycles. The van der Waals surface area contributed by atoms with Crippen LogP contribution in [-0.4, -0.2) is 72.1 Å². The Morgan fingerprint density at radius 1 is 1.23 bits per heavy atom. The number of fused-ring (bicyclic) bond motifs is 1. The highest BCUT2D eigenvalue weighted by Crippen LogP contribution is 2.37. The van der Waals surface area contributed by atoms with Crippen LogP contribution in [0.2, 0.25) is 0 Å². The number of rotatable bonds is 6. The normalized spacial score (nSPS) is 15.8. The number of thiophene rings is 1. The molecule has 0 spiro atoms. The predicted octanol–water partition coefficient (Wildman–Crippen LogP) is 3.08. The molecular weight excluding hydrogens is 398 g/mol. The van der Waals surface area contributed by atoms with Crippen molar-refractivity contribution in [3.63, 3.8) is 0 Å². The highest BCUT2D eigenvalue weighted by atomic mass is 32.1. The van der Waals surface area contributed by atoms with Crippen LogP contribution >= 0.6 is 11.3 Å².